The van der Waals surface area contributed by atoms with Crippen molar-refractivity contribution < 1.29 is 43.7 Å². The first-order valence-corrected chi connectivity index (χ1v) is 12.3. The summed E-state index contributed by atoms with van der Waals surface area (Å²) in [7, 11) is -3.79. The molecule has 0 aliphatic carbocycles. The van der Waals surface area contributed by atoms with Crippen LogP contribution in [0.2, 0.25) is 0 Å². The molecule has 2 aromatic carbocycles. The molecule has 0 saturated heterocycles. The van der Waals surface area contributed by atoms with Gasteiger partial charge in [-0.3, -0.25) is 8.98 Å². The number of amides is 1. The average molecular weight is 547 g/mol. The van der Waals surface area contributed by atoms with Crippen LogP contribution >= 0.6 is 0 Å². The van der Waals surface area contributed by atoms with Crippen LogP contribution in [0.25, 0.3) is 11.3 Å². The first kappa shape index (κ1) is 28.1. The van der Waals surface area contributed by atoms with E-state index in [1.165, 1.54) is 0 Å². The number of nitrogens with zero attached hydrogens (tertiary/aromatic N) is 2. The Labute approximate surface area is 207 Å². The van der Waals surface area contributed by atoms with Gasteiger partial charge in [0, 0.05) is 18.3 Å². The van der Waals surface area contributed by atoms with Crippen molar-refractivity contribution in [2.24, 2.45) is 0 Å². The molecule has 14 heteroatoms. The van der Waals surface area contributed by atoms with Gasteiger partial charge in [-0.2, -0.15) is 34.8 Å². The van der Waals surface area contributed by atoms with Crippen LogP contribution in [-0.2, 0) is 39.7 Å². The van der Waals surface area contributed by atoms with Crippen molar-refractivity contribution >= 4 is 16.0 Å². The van der Waals surface area contributed by atoms with E-state index in [-0.39, 0.29) is 41.7 Å². The molecule has 1 amide bonds. The van der Waals surface area contributed by atoms with Crippen molar-refractivity contribution in [1.29, 1.82) is 0 Å². The fourth-order valence-corrected chi connectivity index (χ4v) is 3.53. The van der Waals surface area contributed by atoms with Gasteiger partial charge in [0.05, 0.1) is 28.6 Å². The summed E-state index contributed by atoms with van der Waals surface area (Å²) in [5.41, 5.74) is -2.61. The summed E-state index contributed by atoms with van der Waals surface area (Å²) < 4.78 is 106. The second-order valence-corrected chi connectivity index (χ2v) is 9.44. The Balaban J connectivity index is 1.82. The van der Waals surface area contributed by atoms with Gasteiger partial charge >= 0.3 is 12.4 Å². The van der Waals surface area contributed by atoms with Gasteiger partial charge in [-0.1, -0.05) is 30.3 Å². The molecule has 0 radical (unpaired) electrons. The van der Waals surface area contributed by atoms with Gasteiger partial charge in [-0.25, -0.2) is 9.97 Å². The van der Waals surface area contributed by atoms with Crippen LogP contribution in [0.4, 0.5) is 26.3 Å². The number of alkyl halides is 6. The normalized spacial score (nSPS) is 12.4. The maximum Gasteiger partial charge on any atom is 0.416 e. The first-order valence-electron chi connectivity index (χ1n) is 10.5. The Kier molecular flexibility index (Phi) is 8.22. The minimum atomic E-state index is -4.98. The fourth-order valence-electron chi connectivity index (χ4n) is 3.21. The summed E-state index contributed by atoms with van der Waals surface area (Å²) in [6.07, 6.45) is -8.32. The highest BCUT2D eigenvalue weighted by atomic mass is 32.2. The molecule has 0 saturated carbocycles. The van der Waals surface area contributed by atoms with Crippen molar-refractivity contribution in [1.82, 2.24) is 15.3 Å². The molecule has 3 aromatic rings. The number of benzene rings is 2. The highest BCUT2D eigenvalue weighted by molar-refractivity contribution is 7.85. The van der Waals surface area contributed by atoms with Gasteiger partial charge in [0.2, 0.25) is 0 Å². The van der Waals surface area contributed by atoms with E-state index in [9.17, 15) is 39.6 Å². The van der Waals surface area contributed by atoms with E-state index in [4.69, 9.17) is 0 Å². The molecule has 0 atom stereocenters. The first-order chi connectivity index (χ1) is 17.1. The molecule has 0 spiro atoms. The van der Waals surface area contributed by atoms with Gasteiger partial charge in [-0.05, 0) is 30.2 Å². The quantitative estimate of drug-likeness (QED) is 0.326. The zero-order valence-electron chi connectivity index (χ0n) is 19.0. The van der Waals surface area contributed by atoms with Crippen LogP contribution in [0.15, 0.2) is 54.7 Å². The van der Waals surface area contributed by atoms with Crippen LogP contribution in [0, 0.1) is 0 Å². The lowest BCUT2D eigenvalue weighted by Crippen LogP contribution is -2.27. The largest absolute Gasteiger partial charge is 0.416 e. The molecule has 1 heterocycles. The topological polar surface area (TPSA) is 98.3 Å². The van der Waals surface area contributed by atoms with E-state index in [0.29, 0.717) is 17.7 Å². The predicted octanol–water partition coefficient (Wildman–Crippen LogP) is 4.63. The summed E-state index contributed by atoms with van der Waals surface area (Å²) >= 11 is 0. The van der Waals surface area contributed by atoms with Crippen molar-refractivity contribution in [3.05, 3.63) is 82.8 Å². The molecule has 0 fully saturated rings. The van der Waals surface area contributed by atoms with E-state index >= 15 is 0 Å². The number of carbonyl (C=O) groups excluding carboxylic acids is 1. The molecule has 0 unspecified atom stereocenters. The van der Waals surface area contributed by atoms with Crippen LogP contribution in [0.1, 0.15) is 32.9 Å². The molecule has 0 aliphatic heterocycles. The number of hydrogen-bond acceptors (Lipinski definition) is 6. The summed E-state index contributed by atoms with van der Waals surface area (Å²) in [5.74, 6) is -0.776. The van der Waals surface area contributed by atoms with E-state index in [2.05, 4.69) is 19.5 Å². The molecule has 3 rings (SSSR count). The minimum Gasteiger partial charge on any atom is -0.352 e. The van der Waals surface area contributed by atoms with Crippen molar-refractivity contribution in [2.45, 2.75) is 25.4 Å². The maximum atomic E-state index is 13.1. The SMILES string of the molecule is CS(=O)(=O)OCc1ncc(C(=O)NCCc2cc(C(F)(F)F)cc(C(F)(F)F)c2)c(-c2ccccc2)n1. The Bertz CT molecular complexity index is 1350. The van der Waals surface area contributed by atoms with E-state index in [1.807, 2.05) is 0 Å². The average Bonchev–Trinajstić information content (AvgIpc) is 2.81. The molecule has 7 nitrogen and oxygen atoms in total. The third kappa shape index (κ3) is 7.98. The summed E-state index contributed by atoms with van der Waals surface area (Å²) in [6, 6.07) is 9.51. The number of halogens is 6. The third-order valence-electron chi connectivity index (χ3n) is 4.88. The number of rotatable bonds is 8. The molecule has 1 N–H and O–H groups in total. The standard InChI is InChI=1S/C23H19F6N3O4S/c1-37(34,35)36-13-19-31-12-18(20(32-19)15-5-3-2-4-6-15)21(33)30-8-7-14-9-16(22(24,25)26)11-17(10-14)23(27,28)29/h2-6,9-12H,7-8,13H2,1H3,(H,30,33). The second kappa shape index (κ2) is 10.8. The number of nitrogens with one attached hydrogen (secondary N) is 1. The minimum absolute atomic E-state index is 0.0284. The number of carbonyl (C=O) groups is 1. The Hall–Kier alpha value is -3.52. The molecule has 1 aromatic heterocycles. The zero-order valence-corrected chi connectivity index (χ0v) is 19.8. The highest BCUT2D eigenvalue weighted by Gasteiger charge is 2.36. The Morgan fingerprint density at radius 3 is 2.11 bits per heavy atom. The van der Waals surface area contributed by atoms with Gasteiger partial charge in [0.15, 0.2) is 5.82 Å². The molecular formula is C23H19F6N3O4S. The van der Waals surface area contributed by atoms with Crippen LogP contribution in [-0.4, -0.2) is 37.1 Å². The maximum absolute atomic E-state index is 13.1. The Morgan fingerprint density at radius 1 is 0.973 bits per heavy atom. The highest BCUT2D eigenvalue weighted by Crippen LogP contribution is 2.36. The summed E-state index contributed by atoms with van der Waals surface area (Å²) in [4.78, 5) is 21.0. The Morgan fingerprint density at radius 2 is 1.57 bits per heavy atom. The molecular weight excluding hydrogens is 528 g/mol. The summed E-state index contributed by atoms with van der Waals surface area (Å²) in [6.45, 7) is -0.776. The van der Waals surface area contributed by atoms with E-state index in [1.54, 1.807) is 30.3 Å². The van der Waals surface area contributed by atoms with Gasteiger partial charge in [0.1, 0.15) is 6.61 Å². The molecule has 0 aliphatic rings. The predicted molar refractivity (Wildman–Crippen MR) is 120 cm³/mol. The van der Waals surface area contributed by atoms with E-state index < -0.39 is 46.1 Å². The monoisotopic (exact) mass is 547 g/mol. The van der Waals surface area contributed by atoms with Gasteiger partial charge in [-0.15, -0.1) is 0 Å². The molecule has 198 valence electrons. The number of hydrogen-bond donors (Lipinski definition) is 1. The molecule has 37 heavy (non-hydrogen) atoms. The van der Waals surface area contributed by atoms with Crippen LogP contribution in [0.3, 0.4) is 0 Å². The zero-order chi connectivity index (χ0) is 27.4. The number of aromatic nitrogens is 2. The lowest BCUT2D eigenvalue weighted by Gasteiger charge is -2.15. The van der Waals surface area contributed by atoms with Gasteiger partial charge in [0.25, 0.3) is 16.0 Å². The van der Waals surface area contributed by atoms with E-state index in [0.717, 1.165) is 12.5 Å². The lowest BCUT2D eigenvalue weighted by molar-refractivity contribution is -0.143. The lowest BCUT2D eigenvalue weighted by atomic mass is 10.0. The van der Waals surface area contributed by atoms with Crippen molar-refractivity contribution in [2.75, 3.05) is 12.8 Å². The second-order valence-electron chi connectivity index (χ2n) is 7.80. The fraction of sp³-hybridized carbons (Fsp3) is 0.261. The van der Waals surface area contributed by atoms with Gasteiger partial charge < -0.3 is 5.32 Å². The summed E-state index contributed by atoms with van der Waals surface area (Å²) in [5, 5.41) is 2.44. The molecule has 0 bridgehead atoms. The van der Waals surface area contributed by atoms with Crippen molar-refractivity contribution in [3.63, 3.8) is 0 Å². The van der Waals surface area contributed by atoms with Crippen LogP contribution in [0.5, 0.6) is 0 Å². The van der Waals surface area contributed by atoms with Crippen LogP contribution < -0.4 is 5.32 Å². The van der Waals surface area contributed by atoms with Crippen molar-refractivity contribution in [3.8, 4) is 11.3 Å². The third-order valence-corrected chi connectivity index (χ3v) is 5.43. The smallest absolute Gasteiger partial charge is 0.352 e.